The van der Waals surface area contributed by atoms with Crippen molar-refractivity contribution < 1.29 is 14.7 Å². The van der Waals surface area contributed by atoms with Gasteiger partial charge in [-0.05, 0) is 19.1 Å². The van der Waals surface area contributed by atoms with E-state index < -0.39 is 11.9 Å². The van der Waals surface area contributed by atoms with E-state index in [9.17, 15) is 9.59 Å². The molecule has 4 N–H and O–H groups in total. The average Bonchev–Trinajstić information content (AvgIpc) is 2.27. The van der Waals surface area contributed by atoms with Crippen LogP contribution in [0.2, 0.25) is 5.02 Å². The molecule has 2 atom stereocenters. The van der Waals surface area contributed by atoms with E-state index in [1.807, 2.05) is 0 Å². The van der Waals surface area contributed by atoms with Gasteiger partial charge in [0.1, 0.15) is 5.56 Å². The fourth-order valence-electron chi connectivity index (χ4n) is 1.33. The summed E-state index contributed by atoms with van der Waals surface area (Å²) in [6, 6.07) is 4.19. The number of aromatic carboxylic acids is 1. The van der Waals surface area contributed by atoms with Crippen LogP contribution in [0.3, 0.4) is 0 Å². The quantitative estimate of drug-likeness (QED) is 0.780. The zero-order chi connectivity index (χ0) is 13.9. The Kier molecular flexibility index (Phi) is 4.69. The van der Waals surface area contributed by atoms with Crippen LogP contribution in [-0.2, 0) is 4.79 Å². The first kappa shape index (κ1) is 14.5. The van der Waals surface area contributed by atoms with Crippen LogP contribution >= 0.6 is 11.6 Å². The number of nitrogens with one attached hydrogen (secondary N) is 1. The Morgan fingerprint density at radius 1 is 1.39 bits per heavy atom. The first-order chi connectivity index (χ1) is 8.34. The summed E-state index contributed by atoms with van der Waals surface area (Å²) in [6.07, 6.45) is 0. The highest BCUT2D eigenvalue weighted by Crippen LogP contribution is 2.24. The molecular formula is C12H15ClN2O3. The molecule has 1 rings (SSSR count). The molecule has 6 heteroatoms. The van der Waals surface area contributed by atoms with Gasteiger partial charge in [0.05, 0.1) is 16.6 Å². The van der Waals surface area contributed by atoms with Crippen LogP contribution in [0.4, 0.5) is 5.69 Å². The van der Waals surface area contributed by atoms with Gasteiger partial charge in [0.25, 0.3) is 0 Å². The maximum absolute atomic E-state index is 11.8. The number of nitrogens with two attached hydrogens (primary N) is 1. The van der Waals surface area contributed by atoms with Crippen molar-refractivity contribution in [1.29, 1.82) is 0 Å². The molecule has 0 radical (unpaired) electrons. The molecule has 0 saturated heterocycles. The number of carbonyl (C=O) groups excluding carboxylic acids is 1. The first-order valence-corrected chi connectivity index (χ1v) is 5.80. The molecule has 0 aliphatic rings. The number of carboxylic acids is 1. The van der Waals surface area contributed by atoms with Crippen LogP contribution in [0.15, 0.2) is 18.2 Å². The number of hydrogen-bond donors (Lipinski definition) is 3. The molecule has 1 amide bonds. The van der Waals surface area contributed by atoms with Crippen molar-refractivity contribution in [2.75, 3.05) is 5.32 Å². The number of rotatable bonds is 4. The SMILES string of the molecule is CC(N)C(C)C(=O)Nc1cccc(Cl)c1C(=O)O. The molecule has 2 unspecified atom stereocenters. The van der Waals surface area contributed by atoms with Crippen molar-refractivity contribution in [1.82, 2.24) is 0 Å². The Morgan fingerprint density at radius 2 is 2.00 bits per heavy atom. The smallest absolute Gasteiger partial charge is 0.339 e. The minimum absolute atomic E-state index is 0.0775. The minimum atomic E-state index is -1.19. The van der Waals surface area contributed by atoms with Crippen LogP contribution in [0.5, 0.6) is 0 Å². The summed E-state index contributed by atoms with van der Waals surface area (Å²) in [5.41, 5.74) is 5.67. The molecule has 0 aliphatic heterocycles. The van der Waals surface area contributed by atoms with Crippen LogP contribution in [-0.4, -0.2) is 23.0 Å². The molecule has 0 aromatic heterocycles. The minimum Gasteiger partial charge on any atom is -0.478 e. The molecule has 0 spiro atoms. The van der Waals surface area contributed by atoms with Gasteiger partial charge in [-0.25, -0.2) is 4.79 Å². The predicted octanol–water partition coefficient (Wildman–Crippen LogP) is 1.96. The second-order valence-electron chi connectivity index (χ2n) is 4.10. The molecule has 0 bridgehead atoms. The second-order valence-corrected chi connectivity index (χ2v) is 4.51. The Bertz CT molecular complexity index is 474. The molecule has 18 heavy (non-hydrogen) atoms. The third-order valence-corrected chi connectivity index (χ3v) is 3.00. The van der Waals surface area contributed by atoms with Crippen molar-refractivity contribution in [3.8, 4) is 0 Å². The fraction of sp³-hybridized carbons (Fsp3) is 0.333. The van der Waals surface area contributed by atoms with E-state index in [4.69, 9.17) is 22.4 Å². The van der Waals surface area contributed by atoms with Gasteiger partial charge in [-0.2, -0.15) is 0 Å². The molecular weight excluding hydrogens is 256 g/mol. The Hall–Kier alpha value is -1.59. The van der Waals surface area contributed by atoms with E-state index >= 15 is 0 Å². The Labute approximate surface area is 110 Å². The van der Waals surface area contributed by atoms with E-state index in [1.165, 1.54) is 12.1 Å². The number of carboxylic acid groups (broad SMARTS) is 1. The lowest BCUT2D eigenvalue weighted by atomic mass is 10.0. The van der Waals surface area contributed by atoms with Gasteiger partial charge in [-0.1, -0.05) is 24.6 Å². The van der Waals surface area contributed by atoms with Gasteiger partial charge in [0.15, 0.2) is 0 Å². The largest absolute Gasteiger partial charge is 0.478 e. The summed E-state index contributed by atoms with van der Waals surface area (Å²) >= 11 is 5.79. The molecule has 98 valence electrons. The third kappa shape index (κ3) is 3.21. The molecule has 1 aromatic rings. The highest BCUT2D eigenvalue weighted by atomic mass is 35.5. The van der Waals surface area contributed by atoms with Crippen LogP contribution < -0.4 is 11.1 Å². The van der Waals surface area contributed by atoms with Crippen molar-refractivity contribution in [2.45, 2.75) is 19.9 Å². The number of anilines is 1. The van der Waals surface area contributed by atoms with Gasteiger partial charge in [0.2, 0.25) is 5.91 Å². The summed E-state index contributed by atoms with van der Waals surface area (Å²) in [6.45, 7) is 3.38. The fourth-order valence-corrected chi connectivity index (χ4v) is 1.59. The maximum atomic E-state index is 11.8. The molecule has 0 fully saturated rings. The second kappa shape index (κ2) is 5.84. The van der Waals surface area contributed by atoms with Crippen LogP contribution in [0, 0.1) is 5.92 Å². The lowest BCUT2D eigenvalue weighted by Crippen LogP contribution is -2.34. The number of hydrogen-bond acceptors (Lipinski definition) is 3. The van der Waals surface area contributed by atoms with Crippen molar-refractivity contribution >= 4 is 29.2 Å². The molecule has 0 saturated carbocycles. The lowest BCUT2D eigenvalue weighted by Gasteiger charge is -2.16. The monoisotopic (exact) mass is 270 g/mol. The zero-order valence-corrected chi connectivity index (χ0v) is 10.9. The van der Waals surface area contributed by atoms with Gasteiger partial charge in [0, 0.05) is 6.04 Å². The normalized spacial score (nSPS) is 13.8. The summed E-state index contributed by atoms with van der Waals surface area (Å²) in [4.78, 5) is 22.9. The molecule has 0 heterocycles. The number of benzene rings is 1. The average molecular weight is 271 g/mol. The van der Waals surface area contributed by atoms with Crippen LogP contribution in [0.1, 0.15) is 24.2 Å². The van der Waals surface area contributed by atoms with E-state index in [0.29, 0.717) is 0 Å². The number of amides is 1. The molecule has 0 aliphatic carbocycles. The highest BCUT2D eigenvalue weighted by molar-refractivity contribution is 6.34. The van der Waals surface area contributed by atoms with E-state index in [0.717, 1.165) is 0 Å². The van der Waals surface area contributed by atoms with Crippen molar-refractivity contribution in [3.05, 3.63) is 28.8 Å². The first-order valence-electron chi connectivity index (χ1n) is 5.42. The summed E-state index contributed by atoms with van der Waals surface area (Å²) in [5.74, 6) is -1.95. The number of halogens is 1. The van der Waals surface area contributed by atoms with E-state index in [1.54, 1.807) is 19.9 Å². The third-order valence-electron chi connectivity index (χ3n) is 2.69. The lowest BCUT2D eigenvalue weighted by molar-refractivity contribution is -0.119. The summed E-state index contributed by atoms with van der Waals surface area (Å²) in [5, 5.41) is 11.7. The standard InChI is InChI=1S/C12H15ClN2O3/c1-6(7(2)14)11(16)15-9-5-3-4-8(13)10(9)12(17)18/h3-7H,14H2,1-2H3,(H,15,16)(H,17,18). The molecule has 5 nitrogen and oxygen atoms in total. The molecule has 1 aromatic carbocycles. The van der Waals surface area contributed by atoms with E-state index in [2.05, 4.69) is 5.32 Å². The number of carbonyl (C=O) groups is 2. The summed E-state index contributed by atoms with van der Waals surface area (Å²) in [7, 11) is 0. The predicted molar refractivity (Wildman–Crippen MR) is 69.9 cm³/mol. The van der Waals surface area contributed by atoms with Gasteiger partial charge < -0.3 is 16.2 Å². The zero-order valence-electron chi connectivity index (χ0n) is 10.1. The Balaban J connectivity index is 3.02. The van der Waals surface area contributed by atoms with Gasteiger partial charge in [-0.15, -0.1) is 0 Å². The van der Waals surface area contributed by atoms with E-state index in [-0.39, 0.29) is 28.2 Å². The summed E-state index contributed by atoms with van der Waals surface area (Å²) < 4.78 is 0. The van der Waals surface area contributed by atoms with Gasteiger partial charge in [-0.3, -0.25) is 4.79 Å². The Morgan fingerprint density at radius 3 is 2.50 bits per heavy atom. The topological polar surface area (TPSA) is 92.4 Å². The van der Waals surface area contributed by atoms with Crippen molar-refractivity contribution in [3.63, 3.8) is 0 Å². The van der Waals surface area contributed by atoms with Crippen LogP contribution in [0.25, 0.3) is 0 Å². The highest BCUT2D eigenvalue weighted by Gasteiger charge is 2.20. The van der Waals surface area contributed by atoms with Crippen molar-refractivity contribution in [2.24, 2.45) is 11.7 Å². The maximum Gasteiger partial charge on any atom is 0.339 e. The van der Waals surface area contributed by atoms with Gasteiger partial charge >= 0.3 is 5.97 Å².